The smallest absolute Gasteiger partial charge is 0.422 e. The molecule has 206 valence electrons. The maximum Gasteiger partial charge on any atom is 0.422 e. The highest BCUT2D eigenvalue weighted by atomic mass is 35.5. The summed E-state index contributed by atoms with van der Waals surface area (Å²) in [6.45, 7) is 0.941. The highest BCUT2D eigenvalue weighted by Crippen LogP contribution is 2.36. The number of alkyl halides is 3. The van der Waals surface area contributed by atoms with Gasteiger partial charge in [0.2, 0.25) is 0 Å². The van der Waals surface area contributed by atoms with Crippen LogP contribution in [0.3, 0.4) is 0 Å². The molecule has 3 aromatic rings. The Hall–Kier alpha value is -3.34. The largest absolute Gasteiger partial charge is 0.482 e. The Bertz CT molecular complexity index is 1370. The second kappa shape index (κ2) is 11.8. The predicted octanol–water partition coefficient (Wildman–Crippen LogP) is 6.38. The second-order valence-electron chi connectivity index (χ2n) is 8.96. The summed E-state index contributed by atoms with van der Waals surface area (Å²) < 4.78 is 58.2. The summed E-state index contributed by atoms with van der Waals surface area (Å²) >= 11 is 12.4. The summed E-state index contributed by atoms with van der Waals surface area (Å²) in [6, 6.07) is 12.4. The second-order valence-corrected chi connectivity index (χ2v) is 9.77. The fourth-order valence-corrected chi connectivity index (χ4v) is 4.52. The SMILES string of the molecule is CN1CCN(C(=O)c2ccc(Cl)c(-c3ccc(NC(=O)c4c(F)cccc4Cl)c(OCC(F)(F)F)c3)c2)CC1. The van der Waals surface area contributed by atoms with Crippen molar-refractivity contribution in [2.75, 3.05) is 45.2 Å². The van der Waals surface area contributed by atoms with Gasteiger partial charge in [0.05, 0.1) is 16.3 Å². The maximum absolute atomic E-state index is 14.2. The number of ether oxygens (including phenoxy) is 1. The molecule has 1 fully saturated rings. The molecule has 0 aliphatic carbocycles. The van der Waals surface area contributed by atoms with Crippen LogP contribution >= 0.6 is 23.2 Å². The molecule has 0 unspecified atom stereocenters. The molecule has 0 spiro atoms. The Morgan fingerprint density at radius 1 is 0.974 bits per heavy atom. The van der Waals surface area contributed by atoms with Crippen molar-refractivity contribution in [3.05, 3.63) is 81.6 Å². The average Bonchev–Trinajstić information content (AvgIpc) is 2.88. The molecule has 0 saturated carbocycles. The van der Waals surface area contributed by atoms with E-state index in [1.807, 2.05) is 7.05 Å². The van der Waals surface area contributed by atoms with Gasteiger partial charge in [-0.15, -0.1) is 0 Å². The number of anilines is 1. The van der Waals surface area contributed by atoms with Crippen LogP contribution in [-0.4, -0.2) is 67.6 Å². The van der Waals surface area contributed by atoms with Gasteiger partial charge in [0, 0.05) is 42.3 Å². The van der Waals surface area contributed by atoms with Crippen LogP contribution in [0.25, 0.3) is 11.1 Å². The molecule has 1 aliphatic heterocycles. The van der Waals surface area contributed by atoms with Crippen molar-refractivity contribution >= 4 is 40.7 Å². The lowest BCUT2D eigenvalue weighted by Gasteiger charge is -2.32. The lowest BCUT2D eigenvalue weighted by Crippen LogP contribution is -2.47. The molecular weight excluding hydrogens is 561 g/mol. The highest BCUT2D eigenvalue weighted by molar-refractivity contribution is 6.34. The number of hydrogen-bond acceptors (Lipinski definition) is 4. The number of likely N-dealkylation sites (N-methyl/N-ethyl adjacent to an activating group) is 1. The number of nitrogens with zero attached hydrogens (tertiary/aromatic N) is 2. The Labute approximate surface area is 232 Å². The number of halogens is 6. The summed E-state index contributed by atoms with van der Waals surface area (Å²) in [7, 11) is 1.97. The summed E-state index contributed by atoms with van der Waals surface area (Å²) in [5.41, 5.74) is 0.468. The van der Waals surface area contributed by atoms with Crippen LogP contribution in [0.2, 0.25) is 10.0 Å². The monoisotopic (exact) mass is 583 g/mol. The van der Waals surface area contributed by atoms with Gasteiger partial charge in [0.25, 0.3) is 11.8 Å². The zero-order valence-electron chi connectivity index (χ0n) is 20.6. The minimum Gasteiger partial charge on any atom is -0.482 e. The molecule has 39 heavy (non-hydrogen) atoms. The third-order valence-electron chi connectivity index (χ3n) is 6.13. The molecule has 0 radical (unpaired) electrons. The third kappa shape index (κ3) is 7.00. The average molecular weight is 584 g/mol. The van der Waals surface area contributed by atoms with Crippen molar-refractivity contribution in [3.63, 3.8) is 0 Å². The Morgan fingerprint density at radius 2 is 1.69 bits per heavy atom. The van der Waals surface area contributed by atoms with Gasteiger partial charge in [-0.2, -0.15) is 13.2 Å². The summed E-state index contributed by atoms with van der Waals surface area (Å²) in [6.07, 6.45) is -4.67. The van der Waals surface area contributed by atoms with E-state index in [1.54, 1.807) is 17.0 Å². The number of carbonyl (C=O) groups excluding carboxylic acids is 2. The number of nitrogens with one attached hydrogen (secondary N) is 1. The lowest BCUT2D eigenvalue weighted by molar-refractivity contribution is -0.153. The zero-order valence-corrected chi connectivity index (χ0v) is 22.1. The summed E-state index contributed by atoms with van der Waals surface area (Å²) in [4.78, 5) is 29.6. The van der Waals surface area contributed by atoms with Gasteiger partial charge in [-0.3, -0.25) is 9.59 Å². The van der Waals surface area contributed by atoms with Gasteiger partial charge in [-0.1, -0.05) is 35.3 Å². The van der Waals surface area contributed by atoms with Gasteiger partial charge >= 0.3 is 6.18 Å². The van der Waals surface area contributed by atoms with Crippen molar-refractivity contribution in [1.82, 2.24) is 9.80 Å². The highest BCUT2D eigenvalue weighted by Gasteiger charge is 2.29. The first-order valence-corrected chi connectivity index (χ1v) is 12.6. The van der Waals surface area contributed by atoms with E-state index >= 15 is 0 Å². The fourth-order valence-electron chi connectivity index (χ4n) is 4.04. The normalized spacial score (nSPS) is 14.3. The van der Waals surface area contributed by atoms with Gasteiger partial charge in [-0.05, 0) is 55.1 Å². The number of carbonyl (C=O) groups is 2. The van der Waals surface area contributed by atoms with Crippen molar-refractivity contribution in [1.29, 1.82) is 0 Å². The van der Waals surface area contributed by atoms with E-state index < -0.39 is 30.1 Å². The van der Waals surface area contributed by atoms with Crippen LogP contribution in [-0.2, 0) is 0 Å². The molecule has 0 aromatic heterocycles. The van der Waals surface area contributed by atoms with E-state index in [-0.39, 0.29) is 27.4 Å². The van der Waals surface area contributed by atoms with E-state index in [9.17, 15) is 27.2 Å². The van der Waals surface area contributed by atoms with Crippen LogP contribution < -0.4 is 10.1 Å². The first kappa shape index (κ1) is 28.7. The lowest BCUT2D eigenvalue weighted by atomic mass is 10.0. The zero-order chi connectivity index (χ0) is 28.3. The van der Waals surface area contributed by atoms with E-state index in [4.69, 9.17) is 27.9 Å². The topological polar surface area (TPSA) is 61.9 Å². The van der Waals surface area contributed by atoms with Gasteiger partial charge in [0.15, 0.2) is 6.61 Å². The van der Waals surface area contributed by atoms with Crippen molar-refractivity contribution in [2.45, 2.75) is 6.18 Å². The molecule has 1 saturated heterocycles. The molecule has 1 aliphatic rings. The van der Waals surface area contributed by atoms with Crippen molar-refractivity contribution < 1.29 is 31.9 Å². The van der Waals surface area contributed by atoms with Crippen LogP contribution in [0.5, 0.6) is 5.75 Å². The molecule has 4 rings (SSSR count). The van der Waals surface area contributed by atoms with Crippen LogP contribution in [0.15, 0.2) is 54.6 Å². The first-order chi connectivity index (χ1) is 18.4. The Balaban J connectivity index is 1.67. The molecule has 1 heterocycles. The van der Waals surface area contributed by atoms with Crippen molar-refractivity contribution in [2.24, 2.45) is 0 Å². The summed E-state index contributed by atoms with van der Waals surface area (Å²) in [5.74, 6) is -2.40. The Morgan fingerprint density at radius 3 is 2.36 bits per heavy atom. The minimum atomic E-state index is -4.67. The fraction of sp³-hybridized carbons (Fsp3) is 0.259. The van der Waals surface area contributed by atoms with Crippen LogP contribution in [0.1, 0.15) is 20.7 Å². The van der Waals surface area contributed by atoms with E-state index in [0.717, 1.165) is 19.2 Å². The molecule has 6 nitrogen and oxygen atoms in total. The van der Waals surface area contributed by atoms with Crippen LogP contribution in [0.4, 0.5) is 23.2 Å². The summed E-state index contributed by atoms with van der Waals surface area (Å²) in [5, 5.41) is 2.44. The molecule has 12 heteroatoms. The van der Waals surface area contributed by atoms with Gasteiger partial charge in [0.1, 0.15) is 11.6 Å². The van der Waals surface area contributed by atoms with Crippen LogP contribution in [0, 0.1) is 5.82 Å². The standard InChI is InChI=1S/C27H23Cl2F4N3O3/c1-35-9-11-36(12-10-35)26(38)17-5-7-19(28)18(13-17)16-6-8-22(23(14-16)39-15-27(31,32)33)34-25(37)24-20(29)3-2-4-21(24)30/h2-8,13-14H,9-12,15H2,1H3,(H,34,37). The van der Waals surface area contributed by atoms with Gasteiger partial charge in [-0.25, -0.2) is 4.39 Å². The first-order valence-electron chi connectivity index (χ1n) is 11.8. The number of rotatable bonds is 6. The van der Waals surface area contributed by atoms with E-state index in [1.165, 1.54) is 36.4 Å². The van der Waals surface area contributed by atoms with Gasteiger partial charge < -0.3 is 19.9 Å². The van der Waals surface area contributed by atoms with E-state index in [0.29, 0.717) is 29.8 Å². The quantitative estimate of drug-likeness (QED) is 0.342. The molecular formula is C27H23Cl2F4N3O3. The van der Waals surface area contributed by atoms with E-state index in [2.05, 4.69) is 10.2 Å². The maximum atomic E-state index is 14.2. The molecule has 0 bridgehead atoms. The molecule has 2 amide bonds. The number of piperazine rings is 1. The Kier molecular flexibility index (Phi) is 8.68. The minimum absolute atomic E-state index is 0.145. The third-order valence-corrected chi connectivity index (χ3v) is 6.77. The number of hydrogen-bond donors (Lipinski definition) is 1. The number of benzene rings is 3. The number of amides is 2. The molecule has 3 aromatic carbocycles. The van der Waals surface area contributed by atoms with Crippen molar-refractivity contribution in [3.8, 4) is 16.9 Å². The molecule has 0 atom stereocenters. The molecule has 1 N–H and O–H groups in total. The predicted molar refractivity (Wildman–Crippen MR) is 141 cm³/mol.